The number of aliphatic hydroxyl groups excluding tert-OH is 1. The lowest BCUT2D eigenvalue weighted by Gasteiger charge is -2.14. The molecule has 4 nitrogen and oxygen atoms in total. The highest BCUT2D eigenvalue weighted by molar-refractivity contribution is 7.89. The molecule has 0 aliphatic carbocycles. The van der Waals surface area contributed by atoms with Gasteiger partial charge >= 0.3 is 0 Å². The molecule has 19 heavy (non-hydrogen) atoms. The highest BCUT2D eigenvalue weighted by atomic mass is 32.2. The molecular weight excluding hydrogens is 262 g/mol. The molecular formula is C14H23NO3S. The molecule has 0 fully saturated rings. The van der Waals surface area contributed by atoms with Gasteiger partial charge < -0.3 is 5.11 Å². The quantitative estimate of drug-likeness (QED) is 0.807. The van der Waals surface area contributed by atoms with Crippen molar-refractivity contribution in [2.24, 2.45) is 0 Å². The van der Waals surface area contributed by atoms with Gasteiger partial charge in [-0.15, -0.1) is 0 Å². The fourth-order valence-corrected chi connectivity index (χ4v) is 3.10. The van der Waals surface area contributed by atoms with Crippen molar-refractivity contribution in [2.45, 2.75) is 50.5 Å². The van der Waals surface area contributed by atoms with E-state index in [4.69, 9.17) is 5.11 Å². The van der Waals surface area contributed by atoms with Gasteiger partial charge in [-0.1, -0.05) is 26.0 Å². The van der Waals surface area contributed by atoms with E-state index in [9.17, 15) is 8.42 Å². The van der Waals surface area contributed by atoms with E-state index in [2.05, 4.69) is 18.6 Å². The molecule has 0 aliphatic heterocycles. The molecule has 0 amide bonds. The van der Waals surface area contributed by atoms with E-state index in [-0.39, 0.29) is 17.5 Å². The fourth-order valence-electron chi connectivity index (χ4n) is 1.82. The molecule has 0 saturated heterocycles. The van der Waals surface area contributed by atoms with Crippen LogP contribution in [0, 0.1) is 0 Å². The molecule has 0 aromatic heterocycles. The minimum absolute atomic E-state index is 0.0785. The molecule has 1 rings (SSSR count). The predicted octanol–water partition coefficient (Wildman–Crippen LogP) is 2.25. The average molecular weight is 285 g/mol. The molecule has 5 heteroatoms. The van der Waals surface area contributed by atoms with Gasteiger partial charge in [0.05, 0.1) is 4.90 Å². The molecule has 1 atom stereocenters. The maximum absolute atomic E-state index is 12.1. The summed E-state index contributed by atoms with van der Waals surface area (Å²) in [6.45, 7) is 6.02. The first-order valence-corrected chi connectivity index (χ1v) is 8.08. The van der Waals surface area contributed by atoms with Crippen molar-refractivity contribution in [3.63, 3.8) is 0 Å². The molecule has 2 N–H and O–H groups in total. The highest BCUT2D eigenvalue weighted by Gasteiger charge is 2.17. The molecule has 0 saturated carbocycles. The summed E-state index contributed by atoms with van der Waals surface area (Å²) in [6.07, 6.45) is 1.22. The van der Waals surface area contributed by atoms with E-state index >= 15 is 0 Å². The van der Waals surface area contributed by atoms with E-state index in [1.807, 2.05) is 12.1 Å². The third-order valence-electron chi connectivity index (χ3n) is 3.01. The van der Waals surface area contributed by atoms with E-state index < -0.39 is 10.0 Å². The normalized spacial score (nSPS) is 13.7. The number of rotatable bonds is 7. The van der Waals surface area contributed by atoms with Crippen molar-refractivity contribution in [3.8, 4) is 0 Å². The van der Waals surface area contributed by atoms with Crippen molar-refractivity contribution in [2.75, 3.05) is 6.61 Å². The third kappa shape index (κ3) is 4.93. The van der Waals surface area contributed by atoms with Gasteiger partial charge in [-0.05, 0) is 43.4 Å². The van der Waals surface area contributed by atoms with E-state index in [0.717, 1.165) is 5.56 Å². The zero-order chi connectivity index (χ0) is 14.5. The second-order valence-corrected chi connectivity index (χ2v) is 6.83. The molecule has 0 bridgehead atoms. The lowest BCUT2D eigenvalue weighted by Crippen LogP contribution is -2.32. The van der Waals surface area contributed by atoms with Crippen LogP contribution in [0.15, 0.2) is 29.2 Å². The average Bonchev–Trinajstić information content (AvgIpc) is 2.36. The number of hydrogen-bond acceptors (Lipinski definition) is 3. The van der Waals surface area contributed by atoms with E-state index in [1.54, 1.807) is 19.1 Å². The Labute approximate surface area is 115 Å². The predicted molar refractivity (Wildman–Crippen MR) is 76.6 cm³/mol. The lowest BCUT2D eigenvalue weighted by atomic mass is 10.0. The summed E-state index contributed by atoms with van der Waals surface area (Å²) in [7, 11) is -3.46. The highest BCUT2D eigenvalue weighted by Crippen LogP contribution is 2.17. The Hall–Kier alpha value is -0.910. The van der Waals surface area contributed by atoms with Crippen LogP contribution in [-0.2, 0) is 10.0 Å². The van der Waals surface area contributed by atoms with Gasteiger partial charge in [0.1, 0.15) is 0 Å². The zero-order valence-electron chi connectivity index (χ0n) is 11.8. The summed E-state index contributed by atoms with van der Waals surface area (Å²) < 4.78 is 26.8. The van der Waals surface area contributed by atoms with Crippen LogP contribution >= 0.6 is 0 Å². The topological polar surface area (TPSA) is 66.4 Å². The first-order chi connectivity index (χ1) is 8.86. The SMILES string of the molecule is CC(CCCO)NS(=O)(=O)c1ccc(C(C)C)cc1. The molecule has 0 spiro atoms. The Morgan fingerprint density at radius 1 is 1.16 bits per heavy atom. The van der Waals surface area contributed by atoms with E-state index in [0.29, 0.717) is 18.8 Å². The molecule has 0 aliphatic rings. The number of benzene rings is 1. The summed E-state index contributed by atoms with van der Waals surface area (Å²) in [5.74, 6) is 0.383. The smallest absolute Gasteiger partial charge is 0.240 e. The largest absolute Gasteiger partial charge is 0.396 e. The summed E-state index contributed by atoms with van der Waals surface area (Å²) in [5.41, 5.74) is 1.12. The summed E-state index contributed by atoms with van der Waals surface area (Å²) in [6, 6.07) is 6.78. The molecule has 108 valence electrons. The Kier molecular flexibility index (Phi) is 5.97. The van der Waals surface area contributed by atoms with Gasteiger partial charge in [-0.3, -0.25) is 0 Å². The van der Waals surface area contributed by atoms with Crippen LogP contribution in [0.5, 0.6) is 0 Å². The fraction of sp³-hybridized carbons (Fsp3) is 0.571. The maximum Gasteiger partial charge on any atom is 0.240 e. The van der Waals surface area contributed by atoms with Crippen molar-refractivity contribution < 1.29 is 13.5 Å². The molecule has 1 aromatic carbocycles. The monoisotopic (exact) mass is 285 g/mol. The summed E-state index contributed by atoms with van der Waals surface area (Å²) in [4.78, 5) is 0.285. The Bertz CT molecular complexity index is 480. The Balaban J connectivity index is 2.77. The maximum atomic E-state index is 12.1. The minimum atomic E-state index is -3.46. The first-order valence-electron chi connectivity index (χ1n) is 6.60. The lowest BCUT2D eigenvalue weighted by molar-refractivity contribution is 0.279. The van der Waals surface area contributed by atoms with Crippen molar-refractivity contribution in [1.82, 2.24) is 4.72 Å². The van der Waals surface area contributed by atoms with Crippen LogP contribution in [0.4, 0.5) is 0 Å². The van der Waals surface area contributed by atoms with Gasteiger partial charge in [0.25, 0.3) is 0 Å². The van der Waals surface area contributed by atoms with Gasteiger partial charge in [-0.2, -0.15) is 0 Å². The Morgan fingerprint density at radius 3 is 2.21 bits per heavy atom. The van der Waals surface area contributed by atoms with Gasteiger partial charge in [0.2, 0.25) is 10.0 Å². The van der Waals surface area contributed by atoms with Crippen LogP contribution in [0.3, 0.4) is 0 Å². The molecule has 0 heterocycles. The van der Waals surface area contributed by atoms with Gasteiger partial charge in [-0.25, -0.2) is 13.1 Å². The van der Waals surface area contributed by atoms with Crippen LogP contribution in [0.1, 0.15) is 45.1 Å². The number of aliphatic hydroxyl groups is 1. The van der Waals surface area contributed by atoms with Crippen LogP contribution in [0.2, 0.25) is 0 Å². The first kappa shape index (κ1) is 16.1. The molecule has 1 aromatic rings. The Morgan fingerprint density at radius 2 is 1.74 bits per heavy atom. The number of sulfonamides is 1. The minimum Gasteiger partial charge on any atom is -0.396 e. The molecule has 0 radical (unpaired) electrons. The second-order valence-electron chi connectivity index (χ2n) is 5.11. The van der Waals surface area contributed by atoms with Crippen LogP contribution in [0.25, 0.3) is 0 Å². The van der Waals surface area contributed by atoms with Crippen molar-refractivity contribution >= 4 is 10.0 Å². The summed E-state index contributed by atoms with van der Waals surface area (Å²) in [5, 5.41) is 8.74. The van der Waals surface area contributed by atoms with Crippen molar-refractivity contribution in [3.05, 3.63) is 29.8 Å². The standard InChI is InChI=1S/C14H23NO3S/c1-11(2)13-6-8-14(9-7-13)19(17,18)15-12(3)5-4-10-16/h6-9,11-12,15-16H,4-5,10H2,1-3H3. The van der Waals surface area contributed by atoms with Crippen LogP contribution < -0.4 is 4.72 Å². The van der Waals surface area contributed by atoms with Gasteiger partial charge in [0, 0.05) is 12.6 Å². The van der Waals surface area contributed by atoms with Gasteiger partial charge in [0.15, 0.2) is 0 Å². The second kappa shape index (κ2) is 7.03. The van der Waals surface area contributed by atoms with E-state index in [1.165, 1.54) is 0 Å². The van der Waals surface area contributed by atoms with Crippen molar-refractivity contribution in [1.29, 1.82) is 0 Å². The zero-order valence-corrected chi connectivity index (χ0v) is 12.6. The third-order valence-corrected chi connectivity index (χ3v) is 4.61. The number of hydrogen-bond donors (Lipinski definition) is 2. The summed E-state index contributed by atoms with van der Waals surface area (Å²) >= 11 is 0. The molecule has 1 unspecified atom stereocenters. The number of nitrogens with one attached hydrogen (secondary N) is 1. The van der Waals surface area contributed by atoms with Crippen LogP contribution in [-0.4, -0.2) is 26.2 Å².